The summed E-state index contributed by atoms with van der Waals surface area (Å²) < 4.78 is 27.5. The van der Waals surface area contributed by atoms with Crippen molar-refractivity contribution >= 4 is 15.7 Å². The number of hydrogen-bond donors (Lipinski definition) is 1. The van der Waals surface area contributed by atoms with Crippen LogP contribution in [0.1, 0.15) is 30.4 Å². The minimum absolute atomic E-state index is 0.317. The highest BCUT2D eigenvalue weighted by atomic mass is 32.2. The highest BCUT2D eigenvalue weighted by Gasteiger charge is 2.42. The van der Waals surface area contributed by atoms with E-state index < -0.39 is 10.0 Å². The molecule has 1 saturated heterocycles. The lowest BCUT2D eigenvalue weighted by Crippen LogP contribution is -2.31. The minimum atomic E-state index is -3.46. The second-order valence-electron chi connectivity index (χ2n) is 6.20. The highest BCUT2D eigenvalue weighted by molar-refractivity contribution is 7.89. The standard InChI is InChI=1S/C15H22N2O2S/c1-10-6-7-14(16)15(11(10)2)20(18,19)17-8-12-4-3-5-13(12)9-17/h6-7,12-13H,3-5,8-9,16H2,1-2H3. The summed E-state index contributed by atoms with van der Waals surface area (Å²) >= 11 is 0. The largest absolute Gasteiger partial charge is 0.398 e. The SMILES string of the molecule is Cc1ccc(N)c(S(=O)(=O)N2CC3CCCC3C2)c1C. The average molecular weight is 294 g/mol. The lowest BCUT2D eigenvalue weighted by atomic mass is 10.0. The first-order valence-corrected chi connectivity index (χ1v) is 8.71. The maximum Gasteiger partial charge on any atom is 0.245 e. The maximum atomic E-state index is 12.9. The van der Waals surface area contributed by atoms with Gasteiger partial charge in [0.1, 0.15) is 4.90 Å². The number of hydrogen-bond acceptors (Lipinski definition) is 3. The van der Waals surface area contributed by atoms with Gasteiger partial charge in [0, 0.05) is 13.1 Å². The summed E-state index contributed by atoms with van der Waals surface area (Å²) in [5.74, 6) is 1.10. The zero-order valence-corrected chi connectivity index (χ0v) is 12.9. The van der Waals surface area contributed by atoms with E-state index in [1.165, 1.54) is 19.3 Å². The van der Waals surface area contributed by atoms with Crippen LogP contribution in [0.5, 0.6) is 0 Å². The van der Waals surface area contributed by atoms with Gasteiger partial charge in [0.05, 0.1) is 5.69 Å². The number of anilines is 1. The summed E-state index contributed by atoms with van der Waals surface area (Å²) in [5.41, 5.74) is 8.07. The van der Waals surface area contributed by atoms with Crippen LogP contribution in [-0.4, -0.2) is 25.8 Å². The fourth-order valence-electron chi connectivity index (χ4n) is 3.67. The highest BCUT2D eigenvalue weighted by Crippen LogP contribution is 2.41. The number of fused-ring (bicyclic) bond motifs is 1. The van der Waals surface area contributed by atoms with Crippen LogP contribution in [0, 0.1) is 25.7 Å². The van der Waals surface area contributed by atoms with Crippen molar-refractivity contribution in [3.8, 4) is 0 Å². The Morgan fingerprint density at radius 1 is 1.15 bits per heavy atom. The van der Waals surface area contributed by atoms with Crippen molar-refractivity contribution in [2.24, 2.45) is 11.8 Å². The summed E-state index contributed by atoms with van der Waals surface area (Å²) in [4.78, 5) is 0.317. The van der Waals surface area contributed by atoms with Crippen LogP contribution < -0.4 is 5.73 Å². The van der Waals surface area contributed by atoms with E-state index in [-0.39, 0.29) is 0 Å². The molecule has 1 aliphatic carbocycles. The van der Waals surface area contributed by atoms with Crippen molar-refractivity contribution in [3.05, 3.63) is 23.3 Å². The molecule has 1 heterocycles. The van der Waals surface area contributed by atoms with Crippen molar-refractivity contribution in [2.45, 2.75) is 38.0 Å². The molecule has 2 unspecified atom stereocenters. The van der Waals surface area contributed by atoms with Crippen molar-refractivity contribution in [3.63, 3.8) is 0 Å². The molecule has 2 atom stereocenters. The predicted octanol–water partition coefficient (Wildman–Crippen LogP) is 2.31. The lowest BCUT2D eigenvalue weighted by molar-refractivity contribution is 0.445. The normalized spacial score (nSPS) is 26.9. The van der Waals surface area contributed by atoms with Crippen LogP contribution in [-0.2, 0) is 10.0 Å². The number of aryl methyl sites for hydroxylation is 1. The Balaban J connectivity index is 1.99. The fraction of sp³-hybridized carbons (Fsp3) is 0.600. The second kappa shape index (κ2) is 4.74. The molecule has 1 aliphatic heterocycles. The number of nitrogens with zero attached hydrogens (tertiary/aromatic N) is 1. The van der Waals surface area contributed by atoms with E-state index in [2.05, 4.69) is 0 Å². The first kappa shape index (κ1) is 13.9. The Hall–Kier alpha value is -1.07. The number of nitrogens with two attached hydrogens (primary N) is 1. The molecule has 1 saturated carbocycles. The van der Waals surface area contributed by atoms with Gasteiger partial charge in [-0.2, -0.15) is 4.31 Å². The molecule has 0 amide bonds. The fourth-order valence-corrected chi connectivity index (χ4v) is 5.62. The van der Waals surface area contributed by atoms with Gasteiger partial charge < -0.3 is 5.73 Å². The molecule has 3 rings (SSSR count). The van der Waals surface area contributed by atoms with Crippen LogP contribution in [0.3, 0.4) is 0 Å². The van der Waals surface area contributed by atoms with Gasteiger partial charge in [-0.3, -0.25) is 0 Å². The van der Waals surface area contributed by atoms with Gasteiger partial charge >= 0.3 is 0 Å². The van der Waals surface area contributed by atoms with Gasteiger partial charge in [-0.1, -0.05) is 12.5 Å². The minimum Gasteiger partial charge on any atom is -0.398 e. The van der Waals surface area contributed by atoms with Crippen LogP contribution in [0.15, 0.2) is 17.0 Å². The third-order valence-corrected chi connectivity index (χ3v) is 7.03. The van der Waals surface area contributed by atoms with Gasteiger partial charge in [-0.15, -0.1) is 0 Å². The number of benzene rings is 1. The van der Waals surface area contributed by atoms with Gasteiger partial charge in [0.15, 0.2) is 0 Å². The summed E-state index contributed by atoms with van der Waals surface area (Å²) in [6.45, 7) is 5.10. The maximum absolute atomic E-state index is 12.9. The Morgan fingerprint density at radius 2 is 1.75 bits per heavy atom. The van der Waals surface area contributed by atoms with Crippen molar-refractivity contribution in [1.82, 2.24) is 4.31 Å². The summed E-state index contributed by atoms with van der Waals surface area (Å²) in [6, 6.07) is 3.58. The quantitative estimate of drug-likeness (QED) is 0.851. The Kier molecular flexibility index (Phi) is 3.29. The first-order chi connectivity index (χ1) is 9.41. The van der Waals surface area contributed by atoms with Gasteiger partial charge in [0.2, 0.25) is 10.0 Å². The third kappa shape index (κ3) is 2.04. The molecule has 4 nitrogen and oxygen atoms in total. The Morgan fingerprint density at radius 3 is 2.35 bits per heavy atom. The van der Waals surface area contributed by atoms with E-state index in [1.807, 2.05) is 19.9 Å². The van der Waals surface area contributed by atoms with Crippen molar-refractivity contribution in [1.29, 1.82) is 0 Å². The zero-order chi connectivity index (χ0) is 14.5. The summed E-state index contributed by atoms with van der Waals surface area (Å²) in [5, 5.41) is 0. The molecular weight excluding hydrogens is 272 g/mol. The number of rotatable bonds is 2. The second-order valence-corrected chi connectivity index (χ2v) is 8.07. The van der Waals surface area contributed by atoms with E-state index in [0.717, 1.165) is 11.1 Å². The van der Waals surface area contributed by atoms with E-state index in [1.54, 1.807) is 10.4 Å². The number of sulfonamides is 1. The Labute approximate surface area is 121 Å². The van der Waals surface area contributed by atoms with Gasteiger partial charge in [0.25, 0.3) is 0 Å². The smallest absolute Gasteiger partial charge is 0.245 e. The van der Waals surface area contributed by atoms with E-state index in [4.69, 9.17) is 5.73 Å². The van der Waals surface area contributed by atoms with Crippen molar-refractivity contribution in [2.75, 3.05) is 18.8 Å². The molecule has 0 bridgehead atoms. The monoisotopic (exact) mass is 294 g/mol. The number of nitrogen functional groups attached to an aromatic ring is 1. The van der Waals surface area contributed by atoms with Crippen LogP contribution in [0.2, 0.25) is 0 Å². The summed E-state index contributed by atoms with van der Waals surface area (Å²) in [6.07, 6.45) is 3.58. The molecule has 2 aliphatic rings. The third-order valence-electron chi connectivity index (χ3n) is 5.00. The van der Waals surface area contributed by atoms with Crippen LogP contribution in [0.4, 0.5) is 5.69 Å². The average Bonchev–Trinajstić information content (AvgIpc) is 2.94. The zero-order valence-electron chi connectivity index (χ0n) is 12.1. The molecule has 2 fully saturated rings. The summed E-state index contributed by atoms with van der Waals surface area (Å²) in [7, 11) is -3.46. The van der Waals surface area contributed by atoms with Crippen LogP contribution in [0.25, 0.3) is 0 Å². The molecule has 5 heteroatoms. The van der Waals surface area contributed by atoms with Gasteiger partial charge in [-0.05, 0) is 55.7 Å². The molecule has 20 heavy (non-hydrogen) atoms. The van der Waals surface area contributed by atoms with Crippen LogP contribution >= 0.6 is 0 Å². The molecule has 0 spiro atoms. The van der Waals surface area contributed by atoms with E-state index in [9.17, 15) is 8.42 Å². The molecular formula is C15H22N2O2S. The van der Waals surface area contributed by atoms with E-state index >= 15 is 0 Å². The van der Waals surface area contributed by atoms with Gasteiger partial charge in [-0.25, -0.2) is 8.42 Å². The lowest BCUT2D eigenvalue weighted by Gasteiger charge is -2.20. The molecule has 2 N–H and O–H groups in total. The molecule has 1 aromatic carbocycles. The topological polar surface area (TPSA) is 63.4 Å². The first-order valence-electron chi connectivity index (χ1n) is 7.27. The van der Waals surface area contributed by atoms with E-state index in [0.29, 0.717) is 35.5 Å². The van der Waals surface area contributed by atoms with Crippen molar-refractivity contribution < 1.29 is 8.42 Å². The molecule has 110 valence electrons. The Bertz CT molecular complexity index is 628. The molecule has 1 aromatic rings. The molecule has 0 radical (unpaired) electrons. The predicted molar refractivity (Wildman–Crippen MR) is 79.9 cm³/mol. The molecule has 0 aromatic heterocycles.